The normalized spacial score (nSPS) is 14.8. The number of aromatic amines is 1. The van der Waals surface area contributed by atoms with Crippen LogP contribution < -0.4 is 11.2 Å². The van der Waals surface area contributed by atoms with E-state index >= 15 is 0 Å². The molecule has 162 valence electrons. The zero-order valence-corrected chi connectivity index (χ0v) is 18.2. The average Bonchev–Trinajstić information content (AvgIpc) is 2.78. The maximum atomic E-state index is 13.0. The molecule has 1 aliphatic heterocycles. The molecule has 1 fully saturated rings. The number of fused-ring (bicyclic) bond motifs is 1. The lowest BCUT2D eigenvalue weighted by molar-refractivity contribution is 0.0687. The molecule has 0 atom stereocenters. The Labute approximate surface area is 181 Å². The summed E-state index contributed by atoms with van der Waals surface area (Å²) in [5.41, 5.74) is 2.81. The standard InChI is InChI=1S/C25H29N3O3/c1-3-28-24(30)21-11-10-20(16-22(21)26-25(28)31)23(29)27-14-12-19(13-15-27)9-8-18-6-4-17(2)5-7-18/h4-7,10-11,16,19H,3,8-9,12-15H2,1-2H3,(H,26,31). The first-order valence-corrected chi connectivity index (χ1v) is 11.1. The number of nitrogens with one attached hydrogen (secondary N) is 1. The molecule has 0 bridgehead atoms. The highest BCUT2D eigenvalue weighted by atomic mass is 16.2. The zero-order chi connectivity index (χ0) is 22.0. The number of likely N-dealkylation sites (tertiary alicyclic amines) is 1. The molecular weight excluding hydrogens is 390 g/mol. The number of carbonyl (C=O) groups excluding carboxylic acids is 1. The number of H-pyrrole nitrogens is 1. The van der Waals surface area contributed by atoms with Gasteiger partial charge in [-0.2, -0.15) is 0 Å². The van der Waals surface area contributed by atoms with Crippen LogP contribution in [0.4, 0.5) is 0 Å². The molecule has 31 heavy (non-hydrogen) atoms. The molecular formula is C25H29N3O3. The number of aromatic nitrogens is 2. The van der Waals surface area contributed by atoms with Crippen LogP contribution in [0.15, 0.2) is 52.1 Å². The SMILES string of the molecule is CCn1c(=O)[nH]c2cc(C(=O)N3CCC(CCc4ccc(C)cc4)CC3)ccc2c1=O. The minimum atomic E-state index is -0.445. The van der Waals surface area contributed by atoms with Crippen molar-refractivity contribution in [2.24, 2.45) is 5.92 Å². The monoisotopic (exact) mass is 419 g/mol. The van der Waals surface area contributed by atoms with Gasteiger partial charge >= 0.3 is 5.69 Å². The number of carbonyl (C=O) groups is 1. The number of aryl methyl sites for hydroxylation is 2. The third-order valence-electron chi connectivity index (χ3n) is 6.41. The van der Waals surface area contributed by atoms with Gasteiger partial charge in [-0.1, -0.05) is 29.8 Å². The van der Waals surface area contributed by atoms with Crippen LogP contribution in [0.3, 0.4) is 0 Å². The fourth-order valence-electron chi connectivity index (χ4n) is 4.41. The summed E-state index contributed by atoms with van der Waals surface area (Å²) in [6, 6.07) is 13.7. The van der Waals surface area contributed by atoms with Crippen molar-refractivity contribution in [3.63, 3.8) is 0 Å². The van der Waals surface area contributed by atoms with Gasteiger partial charge in [0.2, 0.25) is 0 Å². The van der Waals surface area contributed by atoms with Crippen molar-refractivity contribution in [1.82, 2.24) is 14.5 Å². The van der Waals surface area contributed by atoms with Gasteiger partial charge in [0.05, 0.1) is 10.9 Å². The van der Waals surface area contributed by atoms with Gasteiger partial charge in [-0.15, -0.1) is 0 Å². The second-order valence-corrected chi connectivity index (χ2v) is 8.50. The summed E-state index contributed by atoms with van der Waals surface area (Å²) in [4.78, 5) is 42.1. The van der Waals surface area contributed by atoms with Crippen molar-refractivity contribution < 1.29 is 4.79 Å². The van der Waals surface area contributed by atoms with E-state index in [0.717, 1.165) is 43.3 Å². The van der Waals surface area contributed by atoms with Gasteiger partial charge in [0.15, 0.2) is 0 Å². The first kappa shape index (κ1) is 21.1. The van der Waals surface area contributed by atoms with Crippen molar-refractivity contribution >= 4 is 16.8 Å². The van der Waals surface area contributed by atoms with E-state index in [2.05, 4.69) is 36.2 Å². The first-order valence-electron chi connectivity index (χ1n) is 11.1. The number of piperidine rings is 1. The largest absolute Gasteiger partial charge is 0.339 e. The summed E-state index contributed by atoms with van der Waals surface area (Å²) in [6.07, 6.45) is 4.23. The highest BCUT2D eigenvalue weighted by Crippen LogP contribution is 2.24. The Balaban J connectivity index is 1.40. The van der Waals surface area contributed by atoms with E-state index < -0.39 is 5.69 Å². The maximum absolute atomic E-state index is 13.0. The van der Waals surface area contributed by atoms with Gasteiger partial charge < -0.3 is 9.88 Å². The van der Waals surface area contributed by atoms with Crippen LogP contribution in [0.5, 0.6) is 0 Å². The molecule has 6 heteroatoms. The Morgan fingerprint density at radius 1 is 1.06 bits per heavy atom. The van der Waals surface area contributed by atoms with E-state index in [4.69, 9.17) is 0 Å². The number of amides is 1. The number of nitrogens with zero attached hydrogens (tertiary/aromatic N) is 2. The summed E-state index contributed by atoms with van der Waals surface area (Å²) < 4.78 is 1.16. The third kappa shape index (κ3) is 4.48. The van der Waals surface area contributed by atoms with Gasteiger partial charge in [0.25, 0.3) is 11.5 Å². The van der Waals surface area contributed by atoms with Crippen LogP contribution in [-0.2, 0) is 13.0 Å². The van der Waals surface area contributed by atoms with Crippen molar-refractivity contribution in [3.05, 3.63) is 80.0 Å². The molecule has 0 spiro atoms. The van der Waals surface area contributed by atoms with Crippen LogP contribution >= 0.6 is 0 Å². The Kier molecular flexibility index (Phi) is 6.07. The van der Waals surface area contributed by atoms with E-state index in [0.29, 0.717) is 28.9 Å². The van der Waals surface area contributed by atoms with Gasteiger partial charge in [0.1, 0.15) is 0 Å². The maximum Gasteiger partial charge on any atom is 0.328 e. The Morgan fingerprint density at radius 3 is 2.45 bits per heavy atom. The molecule has 2 heterocycles. The lowest BCUT2D eigenvalue weighted by atomic mass is 9.90. The van der Waals surface area contributed by atoms with Gasteiger partial charge in [0, 0.05) is 25.2 Å². The lowest BCUT2D eigenvalue weighted by Gasteiger charge is -2.32. The van der Waals surface area contributed by atoms with Crippen molar-refractivity contribution in [2.75, 3.05) is 13.1 Å². The molecule has 0 radical (unpaired) electrons. The first-order chi connectivity index (χ1) is 15.0. The Hall–Kier alpha value is -3.15. The molecule has 6 nitrogen and oxygen atoms in total. The molecule has 4 rings (SSSR count). The molecule has 1 amide bonds. The van der Waals surface area contributed by atoms with Gasteiger partial charge in [-0.3, -0.25) is 14.2 Å². The molecule has 1 saturated heterocycles. The molecule has 1 aliphatic rings. The van der Waals surface area contributed by atoms with Crippen LogP contribution in [0.2, 0.25) is 0 Å². The highest BCUT2D eigenvalue weighted by molar-refractivity contribution is 5.97. The topological polar surface area (TPSA) is 75.2 Å². The van der Waals surface area contributed by atoms with E-state index in [1.165, 1.54) is 11.1 Å². The quantitative estimate of drug-likeness (QED) is 0.688. The van der Waals surface area contributed by atoms with Crippen molar-refractivity contribution in [2.45, 2.75) is 46.1 Å². The molecule has 0 unspecified atom stereocenters. The van der Waals surface area contributed by atoms with Crippen LogP contribution in [0.1, 0.15) is 47.7 Å². The van der Waals surface area contributed by atoms with E-state index in [9.17, 15) is 14.4 Å². The predicted octanol–water partition coefficient (Wildman–Crippen LogP) is 3.50. The molecule has 0 aliphatic carbocycles. The second kappa shape index (κ2) is 8.92. The van der Waals surface area contributed by atoms with Crippen LogP contribution in [0, 0.1) is 12.8 Å². The minimum absolute atomic E-state index is 0.0422. The molecule has 2 aromatic carbocycles. The summed E-state index contributed by atoms with van der Waals surface area (Å²) in [7, 11) is 0. The zero-order valence-electron chi connectivity index (χ0n) is 18.2. The van der Waals surface area contributed by atoms with Crippen LogP contribution in [-0.4, -0.2) is 33.4 Å². The molecule has 0 saturated carbocycles. The van der Waals surface area contributed by atoms with Gasteiger partial charge in [-0.25, -0.2) is 4.79 Å². The Morgan fingerprint density at radius 2 is 1.77 bits per heavy atom. The van der Waals surface area contributed by atoms with E-state index in [1.807, 2.05) is 4.90 Å². The molecule has 1 N–H and O–H groups in total. The summed E-state index contributed by atoms with van der Waals surface area (Å²) in [6.45, 7) is 5.64. The number of benzene rings is 2. The van der Waals surface area contributed by atoms with Crippen molar-refractivity contribution in [3.8, 4) is 0 Å². The minimum Gasteiger partial charge on any atom is -0.339 e. The van der Waals surface area contributed by atoms with E-state index in [-0.39, 0.29) is 11.5 Å². The second-order valence-electron chi connectivity index (χ2n) is 8.50. The average molecular weight is 420 g/mol. The Bertz CT molecular complexity index is 1200. The fourth-order valence-corrected chi connectivity index (χ4v) is 4.41. The molecule has 3 aromatic rings. The summed E-state index contributed by atoms with van der Waals surface area (Å²) in [5.74, 6) is 0.588. The predicted molar refractivity (Wildman–Crippen MR) is 123 cm³/mol. The summed E-state index contributed by atoms with van der Waals surface area (Å²) in [5, 5.41) is 0.424. The number of rotatable bonds is 5. The molecule has 1 aromatic heterocycles. The number of hydrogen-bond donors (Lipinski definition) is 1. The van der Waals surface area contributed by atoms with Crippen LogP contribution in [0.25, 0.3) is 10.9 Å². The lowest BCUT2D eigenvalue weighted by Crippen LogP contribution is -2.38. The summed E-state index contributed by atoms with van der Waals surface area (Å²) >= 11 is 0. The smallest absolute Gasteiger partial charge is 0.328 e. The van der Waals surface area contributed by atoms with Crippen molar-refractivity contribution in [1.29, 1.82) is 0 Å². The fraction of sp³-hybridized carbons (Fsp3) is 0.400. The number of hydrogen-bond acceptors (Lipinski definition) is 3. The third-order valence-corrected chi connectivity index (χ3v) is 6.41. The highest BCUT2D eigenvalue weighted by Gasteiger charge is 2.24. The van der Waals surface area contributed by atoms with E-state index in [1.54, 1.807) is 25.1 Å². The van der Waals surface area contributed by atoms with Gasteiger partial charge in [-0.05, 0) is 69.2 Å².